The molecule has 2 rings (SSSR count). The lowest BCUT2D eigenvalue weighted by molar-refractivity contribution is -0.137. The Morgan fingerprint density at radius 3 is 2.71 bits per heavy atom. The fourth-order valence-electron chi connectivity index (χ4n) is 2.19. The van der Waals surface area contributed by atoms with Gasteiger partial charge in [-0.3, -0.25) is 0 Å². The molecule has 17 heavy (non-hydrogen) atoms. The van der Waals surface area contributed by atoms with E-state index in [-0.39, 0.29) is 6.04 Å². The Kier molecular flexibility index (Phi) is 3.16. The van der Waals surface area contributed by atoms with Crippen molar-refractivity contribution in [2.75, 3.05) is 0 Å². The first-order valence-electron chi connectivity index (χ1n) is 5.50. The van der Waals surface area contributed by atoms with Crippen molar-refractivity contribution in [3.05, 3.63) is 23.5 Å². The Morgan fingerprint density at radius 2 is 2.12 bits per heavy atom. The van der Waals surface area contributed by atoms with Crippen LogP contribution in [0.1, 0.15) is 30.0 Å². The summed E-state index contributed by atoms with van der Waals surface area (Å²) in [5.41, 5.74) is 7.54. The summed E-state index contributed by atoms with van der Waals surface area (Å²) in [5.74, 6) is -3.99. The van der Waals surface area contributed by atoms with E-state index < -0.39 is 18.9 Å². The van der Waals surface area contributed by atoms with Crippen LogP contribution in [0.4, 0.5) is 17.6 Å². The average molecular weight is 250 g/mol. The Labute approximate surface area is 96.4 Å². The molecule has 2 nitrogen and oxygen atoms in total. The highest BCUT2D eigenvalue weighted by Crippen LogP contribution is 2.31. The van der Waals surface area contributed by atoms with E-state index in [1.165, 1.54) is 12.4 Å². The van der Waals surface area contributed by atoms with Crippen LogP contribution in [0.25, 0.3) is 0 Å². The zero-order valence-corrected chi connectivity index (χ0v) is 9.17. The van der Waals surface area contributed by atoms with Crippen molar-refractivity contribution >= 4 is 0 Å². The molecule has 0 spiro atoms. The Hall–Kier alpha value is -1.04. The highest BCUT2D eigenvalue weighted by Gasteiger charge is 2.41. The normalized spacial score (nSPS) is 20.7. The number of rotatable bonds is 3. The highest BCUT2D eigenvalue weighted by atomic mass is 19.3. The number of hydrogen-bond donors (Lipinski definition) is 1. The van der Waals surface area contributed by atoms with Crippen molar-refractivity contribution in [3.8, 4) is 0 Å². The van der Waals surface area contributed by atoms with Gasteiger partial charge in [0, 0.05) is 18.4 Å². The molecule has 0 bridgehead atoms. The molecule has 96 valence electrons. The maximum atomic E-state index is 12.9. The molecule has 0 radical (unpaired) electrons. The third-order valence-electron chi connectivity index (χ3n) is 3.07. The van der Waals surface area contributed by atoms with Gasteiger partial charge in [-0.05, 0) is 30.4 Å². The van der Waals surface area contributed by atoms with Crippen molar-refractivity contribution in [1.82, 2.24) is 4.57 Å². The highest BCUT2D eigenvalue weighted by molar-refractivity contribution is 5.30. The quantitative estimate of drug-likeness (QED) is 0.821. The van der Waals surface area contributed by atoms with E-state index in [1.54, 1.807) is 0 Å². The molecule has 1 unspecified atom stereocenters. The zero-order chi connectivity index (χ0) is 12.6. The standard InChI is InChI=1S/C11H14F4N2/c12-10(13)11(14,15)6-17-4-7-2-1-3-9(16)8(7)5-17/h4-5,9-10H,1-3,6,16H2. The van der Waals surface area contributed by atoms with Gasteiger partial charge < -0.3 is 10.3 Å². The molecule has 6 heteroatoms. The van der Waals surface area contributed by atoms with Crippen LogP contribution >= 0.6 is 0 Å². The molecule has 1 aromatic rings. The predicted octanol–water partition coefficient (Wildman–Crippen LogP) is 2.72. The number of nitrogens with zero attached hydrogens (tertiary/aromatic N) is 1. The van der Waals surface area contributed by atoms with Crippen LogP contribution in [0.2, 0.25) is 0 Å². The molecule has 0 fully saturated rings. The number of halogens is 4. The fraction of sp³-hybridized carbons (Fsp3) is 0.636. The van der Waals surface area contributed by atoms with E-state index in [2.05, 4.69) is 0 Å². The summed E-state index contributed by atoms with van der Waals surface area (Å²) >= 11 is 0. The summed E-state index contributed by atoms with van der Waals surface area (Å²) in [6, 6.07) is -0.167. The Bertz CT molecular complexity index is 400. The first kappa shape index (κ1) is 12.4. The van der Waals surface area contributed by atoms with Crippen LogP contribution in [-0.4, -0.2) is 16.9 Å². The monoisotopic (exact) mass is 250 g/mol. The summed E-state index contributed by atoms with van der Waals surface area (Å²) in [6.45, 7) is -0.996. The third kappa shape index (κ3) is 2.46. The van der Waals surface area contributed by atoms with Crippen molar-refractivity contribution in [2.45, 2.75) is 44.2 Å². The fourth-order valence-corrected chi connectivity index (χ4v) is 2.19. The first-order chi connectivity index (χ1) is 7.90. The minimum atomic E-state index is -3.99. The minimum absolute atomic E-state index is 0.167. The van der Waals surface area contributed by atoms with E-state index in [0.717, 1.165) is 35.0 Å². The Balaban J connectivity index is 2.18. The molecule has 0 aliphatic heterocycles. The molecule has 0 aromatic carbocycles. The minimum Gasteiger partial charge on any atom is -0.347 e. The van der Waals surface area contributed by atoms with Gasteiger partial charge >= 0.3 is 12.3 Å². The van der Waals surface area contributed by atoms with E-state index >= 15 is 0 Å². The van der Waals surface area contributed by atoms with Crippen LogP contribution < -0.4 is 5.73 Å². The SMILES string of the molecule is NC1CCCc2cn(CC(F)(F)C(F)F)cc21. The van der Waals surface area contributed by atoms with Gasteiger partial charge in [0.15, 0.2) is 0 Å². The van der Waals surface area contributed by atoms with Crippen LogP contribution in [0.5, 0.6) is 0 Å². The van der Waals surface area contributed by atoms with Crippen molar-refractivity contribution in [1.29, 1.82) is 0 Å². The summed E-state index contributed by atoms with van der Waals surface area (Å²) in [5, 5.41) is 0. The molecule has 2 N–H and O–H groups in total. The maximum absolute atomic E-state index is 12.9. The predicted molar refractivity (Wildman–Crippen MR) is 55.2 cm³/mol. The molecule has 1 atom stereocenters. The number of aromatic nitrogens is 1. The van der Waals surface area contributed by atoms with Gasteiger partial charge in [0.1, 0.15) is 0 Å². The second-order valence-corrected chi connectivity index (χ2v) is 4.47. The lowest BCUT2D eigenvalue weighted by atomic mass is 9.92. The summed E-state index contributed by atoms with van der Waals surface area (Å²) in [4.78, 5) is 0. The lowest BCUT2D eigenvalue weighted by Gasteiger charge is -2.17. The van der Waals surface area contributed by atoms with Crippen LogP contribution in [0.15, 0.2) is 12.4 Å². The Morgan fingerprint density at radius 1 is 1.41 bits per heavy atom. The van der Waals surface area contributed by atoms with E-state index in [1.807, 2.05) is 0 Å². The molecule has 0 saturated heterocycles. The lowest BCUT2D eigenvalue weighted by Crippen LogP contribution is -2.31. The number of aryl methyl sites for hydroxylation is 1. The van der Waals surface area contributed by atoms with Crippen LogP contribution in [-0.2, 0) is 13.0 Å². The van der Waals surface area contributed by atoms with Crippen LogP contribution in [0.3, 0.4) is 0 Å². The second kappa shape index (κ2) is 4.33. The van der Waals surface area contributed by atoms with Gasteiger partial charge in [-0.1, -0.05) is 0 Å². The maximum Gasteiger partial charge on any atom is 0.324 e. The largest absolute Gasteiger partial charge is 0.347 e. The second-order valence-electron chi connectivity index (χ2n) is 4.47. The van der Waals surface area contributed by atoms with Crippen LogP contribution in [0, 0.1) is 0 Å². The number of fused-ring (bicyclic) bond motifs is 1. The third-order valence-corrected chi connectivity index (χ3v) is 3.07. The summed E-state index contributed by atoms with van der Waals surface area (Å²) in [6.07, 6.45) is 1.82. The first-order valence-corrected chi connectivity index (χ1v) is 5.50. The van der Waals surface area contributed by atoms with E-state index in [4.69, 9.17) is 5.73 Å². The van der Waals surface area contributed by atoms with Gasteiger partial charge in [-0.15, -0.1) is 0 Å². The molecule has 1 aliphatic carbocycles. The molecule has 0 amide bonds. The molecular formula is C11H14F4N2. The van der Waals surface area contributed by atoms with Crippen molar-refractivity contribution in [3.63, 3.8) is 0 Å². The zero-order valence-electron chi connectivity index (χ0n) is 9.17. The van der Waals surface area contributed by atoms with Gasteiger partial charge in [-0.25, -0.2) is 8.78 Å². The van der Waals surface area contributed by atoms with Gasteiger partial charge in [0.05, 0.1) is 6.54 Å². The average Bonchev–Trinajstić information content (AvgIpc) is 2.60. The van der Waals surface area contributed by atoms with Crippen molar-refractivity contribution in [2.24, 2.45) is 5.73 Å². The number of hydrogen-bond acceptors (Lipinski definition) is 1. The smallest absolute Gasteiger partial charge is 0.324 e. The molecule has 1 aliphatic rings. The van der Waals surface area contributed by atoms with Gasteiger partial charge in [-0.2, -0.15) is 8.78 Å². The summed E-state index contributed by atoms with van der Waals surface area (Å²) in [7, 11) is 0. The number of alkyl halides is 4. The van der Waals surface area contributed by atoms with E-state index in [0.29, 0.717) is 0 Å². The van der Waals surface area contributed by atoms with Crippen molar-refractivity contribution < 1.29 is 17.6 Å². The molecular weight excluding hydrogens is 236 g/mol. The topological polar surface area (TPSA) is 30.9 Å². The molecule has 0 saturated carbocycles. The molecule has 1 heterocycles. The van der Waals surface area contributed by atoms with Gasteiger partial charge in [0.25, 0.3) is 0 Å². The number of nitrogens with two attached hydrogens (primary N) is 1. The van der Waals surface area contributed by atoms with Gasteiger partial charge in [0.2, 0.25) is 0 Å². The molecule has 1 aromatic heterocycles. The summed E-state index contributed by atoms with van der Waals surface area (Å²) < 4.78 is 51.1. The van der Waals surface area contributed by atoms with E-state index in [9.17, 15) is 17.6 Å².